The summed E-state index contributed by atoms with van der Waals surface area (Å²) in [6.07, 6.45) is 0.0589. The number of nitrogens with zero attached hydrogens (tertiary/aromatic N) is 1. The average molecular weight is 230 g/mol. The second kappa shape index (κ2) is 4.04. The van der Waals surface area contributed by atoms with Gasteiger partial charge < -0.3 is 9.47 Å². The molecule has 1 saturated heterocycles. The Kier molecular flexibility index (Phi) is 2.75. The van der Waals surface area contributed by atoms with Crippen LogP contribution >= 0.6 is 11.6 Å². The fourth-order valence-electron chi connectivity index (χ4n) is 1.10. The van der Waals surface area contributed by atoms with Gasteiger partial charge in [-0.1, -0.05) is 11.6 Å². The van der Waals surface area contributed by atoms with Crippen LogP contribution in [0.5, 0.6) is 5.75 Å². The summed E-state index contributed by atoms with van der Waals surface area (Å²) in [5, 5.41) is 11.1. The number of nitro benzene ring substituents is 1. The molecule has 5 nitrogen and oxygen atoms in total. The van der Waals surface area contributed by atoms with Crippen LogP contribution in [0.3, 0.4) is 0 Å². The predicted molar refractivity (Wildman–Crippen MR) is 53.3 cm³/mol. The largest absolute Gasteiger partial charge is 0.484 e. The Bertz CT molecular complexity index is 392. The van der Waals surface area contributed by atoms with Crippen LogP contribution in [0.2, 0.25) is 5.02 Å². The minimum atomic E-state index is -0.501. The lowest BCUT2D eigenvalue weighted by atomic mass is 10.3. The first-order valence-electron chi connectivity index (χ1n) is 4.35. The molecule has 1 unspecified atom stereocenters. The number of benzene rings is 1. The molecule has 2 rings (SSSR count). The van der Waals surface area contributed by atoms with E-state index >= 15 is 0 Å². The van der Waals surface area contributed by atoms with Gasteiger partial charge in [0.1, 0.15) is 12.7 Å². The molecule has 80 valence electrons. The average Bonchev–Trinajstić information content (AvgIpc) is 2.97. The standard InChI is InChI=1S/C9H8ClNO4/c10-6-1-2-8(11(12)13)9(3-6)15-5-7-4-14-7/h1-3,7H,4-5H2. The summed E-state index contributed by atoms with van der Waals surface area (Å²) < 4.78 is 10.2. The zero-order chi connectivity index (χ0) is 10.8. The molecule has 1 aromatic rings. The van der Waals surface area contributed by atoms with Crippen LogP contribution in [0.4, 0.5) is 5.69 Å². The molecule has 0 aliphatic carbocycles. The van der Waals surface area contributed by atoms with Gasteiger partial charge in [0.2, 0.25) is 0 Å². The van der Waals surface area contributed by atoms with E-state index in [1.54, 1.807) is 0 Å². The Morgan fingerprint density at radius 1 is 1.67 bits per heavy atom. The molecule has 1 aliphatic rings. The van der Waals surface area contributed by atoms with Gasteiger partial charge in [0, 0.05) is 17.2 Å². The smallest absolute Gasteiger partial charge is 0.311 e. The van der Waals surface area contributed by atoms with Crippen molar-refractivity contribution in [2.75, 3.05) is 13.2 Å². The number of halogens is 1. The maximum absolute atomic E-state index is 10.6. The van der Waals surface area contributed by atoms with Crippen molar-refractivity contribution in [2.24, 2.45) is 0 Å². The fraction of sp³-hybridized carbons (Fsp3) is 0.333. The molecule has 0 amide bonds. The van der Waals surface area contributed by atoms with Gasteiger partial charge in [0.15, 0.2) is 5.75 Å². The Hall–Kier alpha value is -1.33. The summed E-state index contributed by atoms with van der Waals surface area (Å²) >= 11 is 5.72. The highest BCUT2D eigenvalue weighted by atomic mass is 35.5. The molecule has 0 spiro atoms. The summed E-state index contributed by atoms with van der Waals surface area (Å²) in [6, 6.07) is 4.22. The lowest BCUT2D eigenvalue weighted by Gasteiger charge is -2.04. The molecule has 1 heterocycles. The SMILES string of the molecule is O=[N+]([O-])c1ccc(Cl)cc1OCC1CO1. The van der Waals surface area contributed by atoms with E-state index in [0.29, 0.717) is 18.2 Å². The van der Waals surface area contributed by atoms with Crippen LogP contribution in [-0.2, 0) is 4.74 Å². The normalized spacial score (nSPS) is 18.6. The Morgan fingerprint density at radius 2 is 2.40 bits per heavy atom. The van der Waals surface area contributed by atoms with Crippen molar-refractivity contribution in [3.8, 4) is 5.75 Å². The minimum absolute atomic E-state index is 0.0589. The van der Waals surface area contributed by atoms with Crippen molar-refractivity contribution in [2.45, 2.75) is 6.10 Å². The van der Waals surface area contributed by atoms with Gasteiger partial charge >= 0.3 is 5.69 Å². The molecule has 0 aromatic heterocycles. The van der Waals surface area contributed by atoms with E-state index in [0.717, 1.165) is 0 Å². The topological polar surface area (TPSA) is 64.9 Å². The second-order valence-electron chi connectivity index (χ2n) is 3.14. The van der Waals surface area contributed by atoms with Crippen molar-refractivity contribution in [3.63, 3.8) is 0 Å². The molecule has 1 fully saturated rings. The number of ether oxygens (including phenoxy) is 2. The molecular weight excluding hydrogens is 222 g/mol. The Morgan fingerprint density at radius 3 is 3.00 bits per heavy atom. The summed E-state index contributed by atoms with van der Waals surface area (Å²) in [5.41, 5.74) is -0.0833. The van der Waals surface area contributed by atoms with E-state index in [4.69, 9.17) is 21.1 Å². The molecule has 0 bridgehead atoms. The van der Waals surface area contributed by atoms with Gasteiger partial charge in [-0.25, -0.2) is 0 Å². The van der Waals surface area contributed by atoms with Crippen LogP contribution in [0.15, 0.2) is 18.2 Å². The Labute approximate surface area is 90.7 Å². The summed E-state index contributed by atoms with van der Waals surface area (Å²) in [5.74, 6) is 0.183. The summed E-state index contributed by atoms with van der Waals surface area (Å²) in [4.78, 5) is 10.1. The van der Waals surface area contributed by atoms with Gasteiger partial charge in [0.25, 0.3) is 0 Å². The van der Waals surface area contributed by atoms with Crippen molar-refractivity contribution < 1.29 is 14.4 Å². The van der Waals surface area contributed by atoms with Gasteiger partial charge in [0.05, 0.1) is 11.5 Å². The van der Waals surface area contributed by atoms with E-state index < -0.39 is 4.92 Å². The third kappa shape index (κ3) is 2.57. The summed E-state index contributed by atoms with van der Waals surface area (Å²) in [6.45, 7) is 0.968. The van der Waals surface area contributed by atoms with Crippen molar-refractivity contribution in [1.82, 2.24) is 0 Å². The first-order chi connectivity index (χ1) is 7.16. The van der Waals surface area contributed by atoms with Crippen LogP contribution < -0.4 is 4.74 Å². The van der Waals surface area contributed by atoms with Crippen molar-refractivity contribution in [3.05, 3.63) is 33.3 Å². The van der Waals surface area contributed by atoms with Crippen molar-refractivity contribution >= 4 is 17.3 Å². The predicted octanol–water partition coefficient (Wildman–Crippen LogP) is 2.03. The minimum Gasteiger partial charge on any atom is -0.484 e. The molecule has 15 heavy (non-hydrogen) atoms. The highest BCUT2D eigenvalue weighted by molar-refractivity contribution is 6.30. The van der Waals surface area contributed by atoms with Crippen LogP contribution in [0.25, 0.3) is 0 Å². The number of rotatable bonds is 4. The van der Waals surface area contributed by atoms with Gasteiger partial charge in [-0.05, 0) is 6.07 Å². The van der Waals surface area contributed by atoms with Crippen LogP contribution in [-0.4, -0.2) is 24.2 Å². The van der Waals surface area contributed by atoms with Crippen molar-refractivity contribution in [1.29, 1.82) is 0 Å². The van der Waals surface area contributed by atoms with E-state index in [1.807, 2.05) is 0 Å². The lowest BCUT2D eigenvalue weighted by molar-refractivity contribution is -0.385. The Balaban J connectivity index is 2.16. The van der Waals surface area contributed by atoms with Gasteiger partial charge in [-0.15, -0.1) is 0 Å². The molecule has 1 aliphatic heterocycles. The molecule has 1 atom stereocenters. The number of epoxide rings is 1. The zero-order valence-electron chi connectivity index (χ0n) is 7.68. The van der Waals surface area contributed by atoms with E-state index in [1.165, 1.54) is 18.2 Å². The van der Waals surface area contributed by atoms with Crippen LogP contribution in [0.1, 0.15) is 0 Å². The maximum atomic E-state index is 10.6. The van der Waals surface area contributed by atoms with Crippen LogP contribution in [0, 0.1) is 10.1 Å². The number of hydrogen-bond donors (Lipinski definition) is 0. The molecule has 0 saturated carbocycles. The van der Waals surface area contributed by atoms with Gasteiger partial charge in [-0.2, -0.15) is 0 Å². The monoisotopic (exact) mass is 229 g/mol. The first kappa shape index (κ1) is 10.2. The molecule has 0 radical (unpaired) electrons. The summed E-state index contributed by atoms with van der Waals surface area (Å²) in [7, 11) is 0. The number of nitro groups is 1. The molecular formula is C9H8ClNO4. The van der Waals surface area contributed by atoms with E-state index in [-0.39, 0.29) is 17.5 Å². The maximum Gasteiger partial charge on any atom is 0.311 e. The second-order valence-corrected chi connectivity index (χ2v) is 3.57. The highest BCUT2D eigenvalue weighted by Crippen LogP contribution is 2.30. The first-order valence-corrected chi connectivity index (χ1v) is 4.73. The quantitative estimate of drug-likeness (QED) is 0.450. The van der Waals surface area contributed by atoms with E-state index in [9.17, 15) is 10.1 Å². The molecule has 6 heteroatoms. The highest BCUT2D eigenvalue weighted by Gasteiger charge is 2.25. The van der Waals surface area contributed by atoms with Gasteiger partial charge in [-0.3, -0.25) is 10.1 Å². The third-order valence-corrected chi connectivity index (χ3v) is 2.18. The number of hydrogen-bond acceptors (Lipinski definition) is 4. The molecule has 1 aromatic carbocycles. The third-order valence-electron chi connectivity index (χ3n) is 1.95. The lowest BCUT2D eigenvalue weighted by Crippen LogP contribution is -2.05. The fourth-order valence-corrected chi connectivity index (χ4v) is 1.26. The van der Waals surface area contributed by atoms with E-state index in [2.05, 4.69) is 0 Å². The molecule has 0 N–H and O–H groups in total. The zero-order valence-corrected chi connectivity index (χ0v) is 8.44.